The maximum Gasteiger partial charge on any atom is 0.305 e. The van der Waals surface area contributed by atoms with Crippen LogP contribution in [0.4, 0.5) is 0 Å². The minimum Gasteiger partial charge on any atom is -0.469 e. The predicted octanol–water partition coefficient (Wildman–Crippen LogP) is 5.15. The highest BCUT2D eigenvalue weighted by Crippen LogP contribution is 2.35. The summed E-state index contributed by atoms with van der Waals surface area (Å²) in [5, 5.41) is 0. The molecule has 1 aromatic heterocycles. The SMILES string of the molecule is C=C/C=C(\N=CC)C1=N[C@@H](CCC(=O)OC)c2ncc(CC)n2-c2ccc(Br)cc21. The van der Waals surface area contributed by atoms with Gasteiger partial charge in [-0.2, -0.15) is 0 Å². The minimum atomic E-state index is -0.314. The molecule has 30 heavy (non-hydrogen) atoms. The number of hydrogen-bond donors (Lipinski definition) is 0. The number of aliphatic imine (C=N–C) groups is 2. The summed E-state index contributed by atoms with van der Waals surface area (Å²) in [6.45, 7) is 7.79. The van der Waals surface area contributed by atoms with Gasteiger partial charge in [0.2, 0.25) is 0 Å². The number of esters is 1. The topological polar surface area (TPSA) is 68.8 Å². The van der Waals surface area contributed by atoms with Crippen molar-refractivity contribution in [3.63, 3.8) is 0 Å². The fourth-order valence-electron chi connectivity index (χ4n) is 3.53. The molecule has 0 unspecified atom stereocenters. The number of allylic oxidation sites excluding steroid dienone is 3. The molecule has 0 radical (unpaired) electrons. The molecular weight excluding hydrogens is 444 g/mol. The third-order valence-electron chi connectivity index (χ3n) is 4.90. The molecule has 1 aliphatic heterocycles. The first-order valence-electron chi connectivity index (χ1n) is 9.87. The number of ether oxygens (including phenoxy) is 1. The van der Waals surface area contributed by atoms with Gasteiger partial charge in [0.15, 0.2) is 0 Å². The smallest absolute Gasteiger partial charge is 0.305 e. The normalized spacial score (nSPS) is 15.9. The average molecular weight is 469 g/mol. The van der Waals surface area contributed by atoms with E-state index in [9.17, 15) is 4.79 Å². The van der Waals surface area contributed by atoms with Crippen LogP contribution in [0.5, 0.6) is 0 Å². The van der Waals surface area contributed by atoms with Crippen molar-refractivity contribution in [3.05, 3.63) is 70.4 Å². The van der Waals surface area contributed by atoms with E-state index in [1.807, 2.05) is 31.3 Å². The van der Waals surface area contributed by atoms with Crippen molar-refractivity contribution in [2.75, 3.05) is 7.11 Å². The van der Waals surface area contributed by atoms with Gasteiger partial charge in [0.1, 0.15) is 11.9 Å². The van der Waals surface area contributed by atoms with Gasteiger partial charge in [-0.1, -0.05) is 35.5 Å². The summed E-state index contributed by atoms with van der Waals surface area (Å²) >= 11 is 3.59. The summed E-state index contributed by atoms with van der Waals surface area (Å²) in [7, 11) is 1.40. The lowest BCUT2D eigenvalue weighted by atomic mass is 10.0. The Labute approximate surface area is 185 Å². The second-order valence-corrected chi connectivity index (χ2v) is 7.66. The zero-order chi connectivity index (χ0) is 21.7. The Balaban J connectivity index is 2.28. The second kappa shape index (κ2) is 9.80. The van der Waals surface area contributed by atoms with Crippen molar-refractivity contribution >= 4 is 33.8 Å². The number of carbonyl (C=O) groups excluding carboxylic acids is 1. The summed E-state index contributed by atoms with van der Waals surface area (Å²) in [6.07, 6.45) is 8.73. The van der Waals surface area contributed by atoms with Gasteiger partial charge in [-0.15, -0.1) is 0 Å². The quantitative estimate of drug-likeness (QED) is 0.320. The highest BCUT2D eigenvalue weighted by atomic mass is 79.9. The van der Waals surface area contributed by atoms with E-state index < -0.39 is 0 Å². The zero-order valence-corrected chi connectivity index (χ0v) is 19.0. The molecule has 0 aliphatic carbocycles. The fourth-order valence-corrected chi connectivity index (χ4v) is 3.89. The molecule has 2 aromatic rings. The molecule has 1 aliphatic rings. The van der Waals surface area contributed by atoms with E-state index in [1.165, 1.54) is 7.11 Å². The standard InChI is InChI=1S/C23H25BrN4O2/c1-5-8-18(25-7-3)22-17-13-15(24)9-11-20(17)28-16(6-2)14-26-23(28)19(27-22)10-12-21(29)30-4/h5,7-9,11,13-14,19H,1,6,10,12H2,2-4H3/b18-8-,25-7?/t19-/m0/s1. The molecule has 3 rings (SSSR count). The van der Waals surface area contributed by atoms with Gasteiger partial charge in [0, 0.05) is 34.6 Å². The molecule has 2 heterocycles. The van der Waals surface area contributed by atoms with Crippen molar-refractivity contribution in [1.82, 2.24) is 9.55 Å². The van der Waals surface area contributed by atoms with Gasteiger partial charge in [0.05, 0.1) is 24.2 Å². The first-order chi connectivity index (χ1) is 14.5. The summed E-state index contributed by atoms with van der Waals surface area (Å²) < 4.78 is 7.95. The largest absolute Gasteiger partial charge is 0.469 e. The van der Waals surface area contributed by atoms with Gasteiger partial charge < -0.3 is 4.74 Å². The van der Waals surface area contributed by atoms with Crippen LogP contribution in [0.2, 0.25) is 0 Å². The van der Waals surface area contributed by atoms with Gasteiger partial charge >= 0.3 is 5.97 Å². The summed E-state index contributed by atoms with van der Waals surface area (Å²) in [5.41, 5.74) is 4.47. The molecule has 156 valence electrons. The first kappa shape index (κ1) is 21.9. The molecule has 0 fully saturated rings. The Hall–Kier alpha value is -2.80. The van der Waals surface area contributed by atoms with Crippen LogP contribution in [-0.4, -0.2) is 34.6 Å². The lowest BCUT2D eigenvalue weighted by Crippen LogP contribution is -2.10. The monoisotopic (exact) mass is 468 g/mol. The minimum absolute atomic E-state index is 0.254. The third kappa shape index (κ3) is 4.36. The van der Waals surface area contributed by atoms with Crippen molar-refractivity contribution in [1.29, 1.82) is 0 Å². The Kier molecular flexibility index (Phi) is 7.15. The van der Waals surface area contributed by atoms with Crippen LogP contribution >= 0.6 is 15.9 Å². The van der Waals surface area contributed by atoms with Crippen LogP contribution in [0, 0.1) is 0 Å². The van der Waals surface area contributed by atoms with E-state index in [2.05, 4.69) is 45.1 Å². The average Bonchev–Trinajstić information content (AvgIpc) is 3.12. The maximum absolute atomic E-state index is 11.8. The lowest BCUT2D eigenvalue weighted by Gasteiger charge is -2.15. The Morgan fingerprint density at radius 3 is 2.90 bits per heavy atom. The Bertz CT molecular complexity index is 1050. The van der Waals surface area contributed by atoms with Crippen LogP contribution in [0.25, 0.3) is 5.69 Å². The van der Waals surface area contributed by atoms with Crippen molar-refractivity contribution < 1.29 is 9.53 Å². The second-order valence-electron chi connectivity index (χ2n) is 6.74. The number of benzene rings is 1. The number of nitrogens with zero attached hydrogens (tertiary/aromatic N) is 4. The number of rotatable bonds is 7. The number of halogens is 1. The highest BCUT2D eigenvalue weighted by Gasteiger charge is 2.28. The van der Waals surface area contributed by atoms with Crippen molar-refractivity contribution in [3.8, 4) is 5.69 Å². The molecule has 1 aromatic carbocycles. The third-order valence-corrected chi connectivity index (χ3v) is 5.39. The Morgan fingerprint density at radius 2 is 2.23 bits per heavy atom. The predicted molar refractivity (Wildman–Crippen MR) is 124 cm³/mol. The van der Waals surface area contributed by atoms with Crippen LogP contribution in [0.3, 0.4) is 0 Å². The van der Waals surface area contributed by atoms with Crippen molar-refractivity contribution in [2.24, 2.45) is 9.98 Å². The van der Waals surface area contributed by atoms with E-state index in [-0.39, 0.29) is 18.4 Å². The molecule has 1 atom stereocenters. The Morgan fingerprint density at radius 1 is 1.43 bits per heavy atom. The number of hydrogen-bond acceptors (Lipinski definition) is 5. The van der Waals surface area contributed by atoms with Crippen LogP contribution in [0.15, 0.2) is 63.3 Å². The van der Waals surface area contributed by atoms with Gasteiger partial charge in [-0.3, -0.25) is 19.3 Å². The van der Waals surface area contributed by atoms with E-state index in [1.54, 1.807) is 12.3 Å². The lowest BCUT2D eigenvalue weighted by molar-refractivity contribution is -0.140. The van der Waals surface area contributed by atoms with E-state index in [4.69, 9.17) is 14.7 Å². The highest BCUT2D eigenvalue weighted by molar-refractivity contribution is 9.10. The molecule has 6 nitrogen and oxygen atoms in total. The van der Waals surface area contributed by atoms with Gasteiger partial charge in [-0.25, -0.2) is 4.98 Å². The van der Waals surface area contributed by atoms with Gasteiger partial charge in [-0.05, 0) is 44.0 Å². The van der Waals surface area contributed by atoms with Crippen LogP contribution in [-0.2, 0) is 16.0 Å². The molecule has 0 bridgehead atoms. The molecule has 0 spiro atoms. The van der Waals surface area contributed by atoms with E-state index >= 15 is 0 Å². The number of imidazole rings is 1. The van der Waals surface area contributed by atoms with E-state index in [0.717, 1.165) is 39.4 Å². The summed E-state index contributed by atoms with van der Waals surface area (Å²) in [4.78, 5) is 26.1. The molecule has 0 amide bonds. The number of fused-ring (bicyclic) bond motifs is 3. The number of carbonyl (C=O) groups is 1. The first-order valence-corrected chi connectivity index (χ1v) is 10.7. The number of aromatic nitrogens is 2. The zero-order valence-electron chi connectivity index (χ0n) is 17.4. The molecule has 0 N–H and O–H groups in total. The molecule has 7 heteroatoms. The molecule has 0 saturated heterocycles. The number of aryl methyl sites for hydroxylation is 1. The summed E-state index contributed by atoms with van der Waals surface area (Å²) in [5.74, 6) is 0.547. The summed E-state index contributed by atoms with van der Waals surface area (Å²) in [6, 6.07) is 5.80. The maximum atomic E-state index is 11.8. The molecule has 0 saturated carbocycles. The molecular formula is C23H25BrN4O2. The van der Waals surface area contributed by atoms with E-state index in [0.29, 0.717) is 12.1 Å². The van der Waals surface area contributed by atoms with Gasteiger partial charge in [0.25, 0.3) is 0 Å². The van der Waals surface area contributed by atoms with Crippen molar-refractivity contribution in [2.45, 2.75) is 39.2 Å². The number of methoxy groups -OCH3 is 1. The fraction of sp³-hybridized carbons (Fsp3) is 0.304. The van der Waals surface area contributed by atoms with Crippen LogP contribution in [0.1, 0.15) is 49.8 Å². The van der Waals surface area contributed by atoms with Crippen LogP contribution < -0.4 is 0 Å².